The Morgan fingerprint density at radius 1 is 1.04 bits per heavy atom. The first kappa shape index (κ1) is 17.1. The first-order valence-electron chi connectivity index (χ1n) is 7.01. The number of rotatable bonds is 6. The number of phenols is 1. The van der Waals surface area contributed by atoms with Crippen molar-refractivity contribution >= 4 is 12.1 Å². The van der Waals surface area contributed by atoms with E-state index in [1.54, 1.807) is 30.3 Å². The first-order chi connectivity index (χ1) is 11.6. The highest BCUT2D eigenvalue weighted by molar-refractivity contribution is 5.95. The van der Waals surface area contributed by atoms with Gasteiger partial charge in [-0.3, -0.25) is 4.79 Å². The van der Waals surface area contributed by atoms with Gasteiger partial charge in [0.15, 0.2) is 11.5 Å². The van der Waals surface area contributed by atoms with Crippen LogP contribution in [-0.4, -0.2) is 38.6 Å². The summed E-state index contributed by atoms with van der Waals surface area (Å²) in [5.74, 6) is 1.15. The van der Waals surface area contributed by atoms with Crippen LogP contribution in [0.1, 0.15) is 15.9 Å². The Kier molecular flexibility index (Phi) is 5.62. The second kappa shape index (κ2) is 7.87. The third kappa shape index (κ3) is 3.95. The van der Waals surface area contributed by atoms with E-state index in [4.69, 9.17) is 14.2 Å². The van der Waals surface area contributed by atoms with E-state index in [1.165, 1.54) is 33.6 Å². The average molecular weight is 330 g/mol. The summed E-state index contributed by atoms with van der Waals surface area (Å²) in [4.78, 5) is 12.1. The lowest BCUT2D eigenvalue weighted by Gasteiger charge is -2.08. The molecule has 0 fully saturated rings. The van der Waals surface area contributed by atoms with Gasteiger partial charge >= 0.3 is 0 Å². The lowest BCUT2D eigenvalue weighted by Crippen LogP contribution is -2.17. The van der Waals surface area contributed by atoms with Gasteiger partial charge in [-0.1, -0.05) is 0 Å². The van der Waals surface area contributed by atoms with Gasteiger partial charge < -0.3 is 19.3 Å². The van der Waals surface area contributed by atoms with Crippen molar-refractivity contribution in [3.8, 4) is 23.0 Å². The second-order valence-electron chi connectivity index (χ2n) is 4.69. The number of benzene rings is 2. The third-order valence-electron chi connectivity index (χ3n) is 3.25. The van der Waals surface area contributed by atoms with E-state index in [9.17, 15) is 9.90 Å². The quantitative estimate of drug-likeness (QED) is 0.626. The Labute approximate surface area is 139 Å². The van der Waals surface area contributed by atoms with Gasteiger partial charge in [0.25, 0.3) is 5.91 Å². The molecular weight excluding hydrogens is 312 g/mol. The van der Waals surface area contributed by atoms with Crippen LogP contribution in [0, 0.1) is 0 Å². The fourth-order valence-corrected chi connectivity index (χ4v) is 1.97. The number of hydrogen-bond acceptors (Lipinski definition) is 6. The predicted octanol–water partition coefficient (Wildman–Crippen LogP) is 2.18. The second-order valence-corrected chi connectivity index (χ2v) is 4.69. The summed E-state index contributed by atoms with van der Waals surface area (Å²) in [6.07, 6.45) is 1.33. The monoisotopic (exact) mass is 330 g/mol. The standard InChI is InChI=1S/C17H18N2O5/c1-22-13-5-6-14(20)12(8-13)10-18-19-17(21)11-4-7-15(23-2)16(9-11)24-3/h4-10,20H,1-3H3,(H,19,21)/b18-10+. The number of phenolic OH excluding ortho intramolecular Hbond substituents is 1. The molecule has 1 amide bonds. The Hall–Kier alpha value is -3.22. The topological polar surface area (TPSA) is 89.4 Å². The molecule has 7 nitrogen and oxygen atoms in total. The molecule has 0 radical (unpaired) electrons. The number of hydrazone groups is 1. The van der Waals surface area contributed by atoms with E-state index in [1.807, 2.05) is 0 Å². The maximum absolute atomic E-state index is 12.1. The highest BCUT2D eigenvalue weighted by Crippen LogP contribution is 2.27. The highest BCUT2D eigenvalue weighted by atomic mass is 16.5. The number of methoxy groups -OCH3 is 3. The number of aromatic hydroxyl groups is 1. The minimum absolute atomic E-state index is 0.0277. The zero-order chi connectivity index (χ0) is 17.5. The van der Waals surface area contributed by atoms with Gasteiger partial charge in [-0.2, -0.15) is 5.10 Å². The van der Waals surface area contributed by atoms with Crippen LogP contribution in [-0.2, 0) is 0 Å². The molecule has 24 heavy (non-hydrogen) atoms. The van der Waals surface area contributed by atoms with Gasteiger partial charge in [-0.15, -0.1) is 0 Å². The lowest BCUT2D eigenvalue weighted by atomic mass is 10.2. The number of nitrogens with zero attached hydrogens (tertiary/aromatic N) is 1. The Morgan fingerprint density at radius 3 is 2.46 bits per heavy atom. The van der Waals surface area contributed by atoms with E-state index >= 15 is 0 Å². The number of hydrogen-bond donors (Lipinski definition) is 2. The van der Waals surface area contributed by atoms with Gasteiger partial charge in [-0.25, -0.2) is 5.43 Å². The molecule has 0 atom stereocenters. The third-order valence-corrected chi connectivity index (χ3v) is 3.25. The van der Waals surface area contributed by atoms with Crippen molar-refractivity contribution in [2.45, 2.75) is 0 Å². The van der Waals surface area contributed by atoms with Crippen LogP contribution in [0.4, 0.5) is 0 Å². The average Bonchev–Trinajstić information content (AvgIpc) is 2.62. The summed E-state index contributed by atoms with van der Waals surface area (Å²) in [7, 11) is 4.53. The predicted molar refractivity (Wildman–Crippen MR) is 89.3 cm³/mol. The summed E-state index contributed by atoms with van der Waals surface area (Å²) in [5.41, 5.74) is 3.16. The maximum atomic E-state index is 12.1. The summed E-state index contributed by atoms with van der Waals surface area (Å²) in [6.45, 7) is 0. The molecule has 2 aromatic rings. The number of nitrogens with one attached hydrogen (secondary N) is 1. The largest absolute Gasteiger partial charge is 0.507 e. The first-order valence-corrected chi connectivity index (χ1v) is 7.01. The molecule has 0 aliphatic heterocycles. The Balaban J connectivity index is 2.10. The molecule has 0 unspecified atom stereocenters. The molecule has 0 aliphatic carbocycles. The normalized spacial score (nSPS) is 10.5. The van der Waals surface area contributed by atoms with E-state index in [-0.39, 0.29) is 5.75 Å². The molecule has 2 N–H and O–H groups in total. The number of amides is 1. The molecular formula is C17H18N2O5. The van der Waals surface area contributed by atoms with E-state index in [2.05, 4.69) is 10.5 Å². The zero-order valence-corrected chi connectivity index (χ0v) is 13.6. The van der Waals surface area contributed by atoms with Gasteiger partial charge in [0, 0.05) is 11.1 Å². The molecule has 2 rings (SSSR count). The molecule has 7 heteroatoms. The van der Waals surface area contributed by atoms with Crippen LogP contribution in [0.2, 0.25) is 0 Å². The molecule has 0 aromatic heterocycles. The van der Waals surface area contributed by atoms with Crippen LogP contribution in [0.3, 0.4) is 0 Å². The zero-order valence-electron chi connectivity index (χ0n) is 13.6. The molecule has 126 valence electrons. The molecule has 0 aliphatic rings. The fraction of sp³-hybridized carbons (Fsp3) is 0.176. The number of ether oxygens (including phenoxy) is 3. The van der Waals surface area contributed by atoms with Crippen LogP contribution >= 0.6 is 0 Å². The fourth-order valence-electron chi connectivity index (χ4n) is 1.97. The SMILES string of the molecule is COc1ccc(O)c(/C=N/NC(=O)c2ccc(OC)c(OC)c2)c1. The van der Waals surface area contributed by atoms with Crippen molar-refractivity contribution in [3.63, 3.8) is 0 Å². The van der Waals surface area contributed by atoms with Crippen LogP contribution in [0.15, 0.2) is 41.5 Å². The summed E-state index contributed by atoms with van der Waals surface area (Å²) in [6, 6.07) is 9.47. The number of carbonyl (C=O) groups is 1. The minimum Gasteiger partial charge on any atom is -0.507 e. The van der Waals surface area contributed by atoms with Crippen LogP contribution < -0.4 is 19.6 Å². The summed E-state index contributed by atoms with van der Waals surface area (Å²) in [5, 5.41) is 13.6. The Morgan fingerprint density at radius 2 is 1.79 bits per heavy atom. The molecule has 0 saturated heterocycles. The van der Waals surface area contributed by atoms with Crippen molar-refractivity contribution in [1.82, 2.24) is 5.43 Å². The molecule has 0 saturated carbocycles. The Bertz CT molecular complexity index is 759. The van der Waals surface area contributed by atoms with Crippen molar-refractivity contribution in [3.05, 3.63) is 47.5 Å². The van der Waals surface area contributed by atoms with Crippen molar-refractivity contribution in [2.75, 3.05) is 21.3 Å². The molecule has 0 spiro atoms. The number of carbonyl (C=O) groups excluding carboxylic acids is 1. The van der Waals surface area contributed by atoms with E-state index in [0.29, 0.717) is 28.4 Å². The summed E-state index contributed by atoms with van der Waals surface area (Å²) >= 11 is 0. The van der Waals surface area contributed by atoms with E-state index < -0.39 is 5.91 Å². The van der Waals surface area contributed by atoms with Crippen molar-refractivity contribution < 1.29 is 24.1 Å². The van der Waals surface area contributed by atoms with Gasteiger partial charge in [0.05, 0.1) is 27.5 Å². The minimum atomic E-state index is -0.422. The molecule has 0 heterocycles. The summed E-state index contributed by atoms with van der Waals surface area (Å²) < 4.78 is 15.3. The van der Waals surface area contributed by atoms with Gasteiger partial charge in [-0.05, 0) is 36.4 Å². The van der Waals surface area contributed by atoms with Crippen molar-refractivity contribution in [2.24, 2.45) is 5.10 Å². The molecule has 2 aromatic carbocycles. The molecule has 0 bridgehead atoms. The van der Waals surface area contributed by atoms with Crippen LogP contribution in [0.5, 0.6) is 23.0 Å². The van der Waals surface area contributed by atoms with Crippen LogP contribution in [0.25, 0.3) is 0 Å². The van der Waals surface area contributed by atoms with E-state index in [0.717, 1.165) is 0 Å². The smallest absolute Gasteiger partial charge is 0.271 e. The lowest BCUT2D eigenvalue weighted by molar-refractivity contribution is 0.0954. The van der Waals surface area contributed by atoms with Gasteiger partial charge in [0.1, 0.15) is 11.5 Å². The van der Waals surface area contributed by atoms with Gasteiger partial charge in [0.2, 0.25) is 0 Å². The maximum Gasteiger partial charge on any atom is 0.271 e. The highest BCUT2D eigenvalue weighted by Gasteiger charge is 2.10. The van der Waals surface area contributed by atoms with Crippen molar-refractivity contribution in [1.29, 1.82) is 0 Å².